The number of hydrogen-bond donors (Lipinski definition) is 1. The minimum Gasteiger partial charge on any atom is -0.490 e. The maximum Gasteiger partial charge on any atom is 0.243 e. The van der Waals surface area contributed by atoms with Crippen molar-refractivity contribution < 1.29 is 32.5 Å². The molecule has 5 rings (SSSR count). The van der Waals surface area contributed by atoms with E-state index in [1.54, 1.807) is 50.2 Å². The van der Waals surface area contributed by atoms with Crippen LogP contribution in [0.25, 0.3) is 0 Å². The molecule has 1 saturated heterocycles. The Morgan fingerprint density at radius 2 is 1.70 bits per heavy atom. The fourth-order valence-corrected chi connectivity index (χ4v) is 8.35. The Labute approximate surface area is 277 Å². The summed E-state index contributed by atoms with van der Waals surface area (Å²) in [4.78, 5) is 2.51. The molecular formula is C35H46N2O7S2. The summed E-state index contributed by atoms with van der Waals surface area (Å²) in [6, 6.07) is 21.1. The Bertz CT molecular complexity index is 1500. The highest BCUT2D eigenvalue weighted by molar-refractivity contribution is 7.98. The minimum absolute atomic E-state index is 0.0119. The number of rotatable bonds is 15. The van der Waals surface area contributed by atoms with Gasteiger partial charge in [0.15, 0.2) is 0 Å². The van der Waals surface area contributed by atoms with Gasteiger partial charge in [-0.1, -0.05) is 48.0 Å². The number of aliphatic hydroxyl groups excluding tert-OH is 1. The van der Waals surface area contributed by atoms with Crippen molar-refractivity contribution in [3.05, 3.63) is 89.0 Å². The molecule has 0 unspecified atom stereocenters. The van der Waals surface area contributed by atoms with Crippen molar-refractivity contribution in [2.24, 2.45) is 0 Å². The van der Waals surface area contributed by atoms with Gasteiger partial charge in [-0.15, -0.1) is 0 Å². The second-order valence-electron chi connectivity index (χ2n) is 11.8. The van der Waals surface area contributed by atoms with Crippen LogP contribution in [0.4, 0.5) is 5.69 Å². The summed E-state index contributed by atoms with van der Waals surface area (Å²) in [6.45, 7) is 5.99. The van der Waals surface area contributed by atoms with Crippen LogP contribution in [0.2, 0.25) is 0 Å². The smallest absolute Gasteiger partial charge is 0.243 e. The van der Waals surface area contributed by atoms with Gasteiger partial charge in [0.1, 0.15) is 12.4 Å². The monoisotopic (exact) mass is 670 g/mol. The molecule has 11 heteroatoms. The molecule has 2 aliphatic rings. The van der Waals surface area contributed by atoms with Gasteiger partial charge in [-0.3, -0.25) is 0 Å². The first-order valence-corrected chi connectivity index (χ1v) is 18.4. The number of aryl methyl sites for hydroxylation is 1. The number of methoxy groups -OCH3 is 2. The van der Waals surface area contributed by atoms with Gasteiger partial charge >= 0.3 is 0 Å². The third-order valence-electron chi connectivity index (χ3n) is 8.54. The van der Waals surface area contributed by atoms with Crippen LogP contribution in [0.5, 0.6) is 5.75 Å². The summed E-state index contributed by atoms with van der Waals surface area (Å²) in [5.74, 6) is 2.23. The average molecular weight is 671 g/mol. The number of sulfonamides is 1. The lowest BCUT2D eigenvalue weighted by Crippen LogP contribution is -2.53. The molecule has 46 heavy (non-hydrogen) atoms. The molecule has 0 amide bonds. The highest BCUT2D eigenvalue weighted by Gasteiger charge is 2.42. The first-order chi connectivity index (χ1) is 22.3. The fraction of sp³-hybridized carbons (Fsp3) is 0.486. The standard InChI is InChI=1S/C35H46N2O7S2/c1-26-5-12-30(13-6-26)46(39,40)37-22-32(38)35(29-10-7-27(8-11-29)25-45-20-19-42-3)34(23-37)44-24-28-9-14-33-31(21-28)36(16-18-43-33)15-4-17-41-2/h5-14,21,32,34-35,38H,4,15-20,22-25H2,1-3H3/t32-,34+,35+/m1/s1. The van der Waals surface area contributed by atoms with Gasteiger partial charge in [0, 0.05) is 57.9 Å². The van der Waals surface area contributed by atoms with E-state index in [1.807, 2.05) is 31.2 Å². The molecule has 3 aromatic rings. The highest BCUT2D eigenvalue weighted by Crippen LogP contribution is 2.36. The summed E-state index contributed by atoms with van der Waals surface area (Å²) >= 11 is 1.81. The van der Waals surface area contributed by atoms with E-state index in [-0.39, 0.29) is 24.6 Å². The minimum atomic E-state index is -3.84. The number of hydrogen-bond acceptors (Lipinski definition) is 9. The van der Waals surface area contributed by atoms with Gasteiger partial charge in [-0.25, -0.2) is 8.42 Å². The van der Waals surface area contributed by atoms with Crippen LogP contribution in [-0.4, -0.2) is 96.0 Å². The molecule has 0 bridgehead atoms. The molecule has 3 atom stereocenters. The molecule has 9 nitrogen and oxygen atoms in total. The Morgan fingerprint density at radius 1 is 0.957 bits per heavy atom. The van der Waals surface area contributed by atoms with Crippen molar-refractivity contribution in [1.29, 1.82) is 0 Å². The number of fused-ring (bicyclic) bond motifs is 1. The first-order valence-electron chi connectivity index (χ1n) is 15.8. The number of thioether (sulfide) groups is 1. The van der Waals surface area contributed by atoms with Gasteiger partial charge in [0.05, 0.1) is 42.5 Å². The highest BCUT2D eigenvalue weighted by atomic mass is 32.2. The third kappa shape index (κ3) is 8.63. The number of benzene rings is 3. The molecule has 0 saturated carbocycles. The third-order valence-corrected chi connectivity index (χ3v) is 11.4. The summed E-state index contributed by atoms with van der Waals surface area (Å²) in [5, 5.41) is 11.5. The SMILES string of the molecule is COCCCN1CCOc2ccc(CO[C@H]3CN(S(=O)(=O)c4ccc(C)cc4)C[C@@H](O)[C@@H]3c3ccc(CSCCOC)cc3)cc21. The van der Waals surface area contributed by atoms with Crippen LogP contribution in [-0.2, 0) is 36.6 Å². The number of β-amino-alcohol motifs (C(OH)–C–C–N with tert-alkyl or cyclic N) is 1. The van der Waals surface area contributed by atoms with Crippen LogP contribution < -0.4 is 9.64 Å². The van der Waals surface area contributed by atoms with E-state index < -0.39 is 28.1 Å². The van der Waals surface area contributed by atoms with Crippen LogP contribution >= 0.6 is 11.8 Å². The second kappa shape index (κ2) is 16.5. The Balaban J connectivity index is 1.37. The second-order valence-corrected chi connectivity index (χ2v) is 14.9. The topological polar surface area (TPSA) is 97.8 Å². The predicted octanol–water partition coefficient (Wildman–Crippen LogP) is 4.84. The zero-order valence-electron chi connectivity index (χ0n) is 27.0. The first kappa shape index (κ1) is 34.7. The Hall–Kier alpha value is -2.64. The van der Waals surface area contributed by atoms with E-state index in [0.717, 1.165) is 59.1 Å². The lowest BCUT2D eigenvalue weighted by atomic mass is 9.85. The lowest BCUT2D eigenvalue weighted by molar-refractivity contribution is -0.0534. The van der Waals surface area contributed by atoms with E-state index in [0.29, 0.717) is 19.8 Å². The van der Waals surface area contributed by atoms with Crippen LogP contribution in [0, 0.1) is 6.92 Å². The normalized spacial score (nSPS) is 20.3. The molecule has 0 aliphatic carbocycles. The van der Waals surface area contributed by atoms with Gasteiger partial charge in [-0.05, 0) is 54.3 Å². The molecule has 250 valence electrons. The van der Waals surface area contributed by atoms with Crippen molar-refractivity contribution in [1.82, 2.24) is 4.31 Å². The fourth-order valence-electron chi connectivity index (χ4n) is 6.02. The van der Waals surface area contributed by atoms with Crippen molar-refractivity contribution in [3.63, 3.8) is 0 Å². The maximum atomic E-state index is 13.7. The van der Waals surface area contributed by atoms with Crippen molar-refractivity contribution in [2.75, 3.05) is 70.9 Å². The van der Waals surface area contributed by atoms with Crippen LogP contribution in [0.1, 0.15) is 34.6 Å². The predicted molar refractivity (Wildman–Crippen MR) is 182 cm³/mol. The molecular weight excluding hydrogens is 625 g/mol. The number of nitrogens with zero attached hydrogens (tertiary/aromatic N) is 2. The summed E-state index contributed by atoms with van der Waals surface area (Å²) in [5.41, 5.74) is 5.07. The molecule has 2 aliphatic heterocycles. The average Bonchev–Trinajstić information content (AvgIpc) is 3.06. The van der Waals surface area contributed by atoms with Crippen molar-refractivity contribution in [2.45, 2.75) is 48.7 Å². The number of anilines is 1. The van der Waals surface area contributed by atoms with E-state index >= 15 is 0 Å². The van der Waals surface area contributed by atoms with E-state index in [2.05, 4.69) is 23.1 Å². The molecule has 1 fully saturated rings. The van der Waals surface area contributed by atoms with E-state index in [1.165, 1.54) is 9.87 Å². The zero-order chi connectivity index (χ0) is 32.5. The van der Waals surface area contributed by atoms with Crippen molar-refractivity contribution in [3.8, 4) is 5.75 Å². The van der Waals surface area contributed by atoms with Gasteiger partial charge < -0.3 is 29.0 Å². The molecule has 0 aromatic heterocycles. The Kier molecular flexibility index (Phi) is 12.4. The number of aliphatic hydroxyl groups is 1. The largest absolute Gasteiger partial charge is 0.490 e. The van der Waals surface area contributed by atoms with Gasteiger partial charge in [-0.2, -0.15) is 16.1 Å². The van der Waals surface area contributed by atoms with Gasteiger partial charge in [0.2, 0.25) is 10.0 Å². The van der Waals surface area contributed by atoms with Crippen molar-refractivity contribution >= 4 is 27.5 Å². The van der Waals surface area contributed by atoms with E-state index in [4.69, 9.17) is 18.9 Å². The van der Waals surface area contributed by atoms with Crippen LogP contribution in [0.3, 0.4) is 0 Å². The quantitative estimate of drug-likeness (QED) is 0.228. The summed E-state index contributed by atoms with van der Waals surface area (Å²) in [6.07, 6.45) is -0.612. The molecule has 2 heterocycles. The number of piperidine rings is 1. The van der Waals surface area contributed by atoms with Gasteiger partial charge in [0.25, 0.3) is 0 Å². The summed E-state index contributed by atoms with van der Waals surface area (Å²) < 4.78 is 51.7. The molecule has 1 N–H and O–H groups in total. The molecule has 3 aromatic carbocycles. The van der Waals surface area contributed by atoms with Crippen LogP contribution in [0.15, 0.2) is 71.6 Å². The molecule has 0 radical (unpaired) electrons. The summed E-state index contributed by atoms with van der Waals surface area (Å²) in [7, 11) is -0.423. The van der Waals surface area contributed by atoms with E-state index in [9.17, 15) is 13.5 Å². The maximum absolute atomic E-state index is 13.7. The number of ether oxygens (including phenoxy) is 4. The zero-order valence-corrected chi connectivity index (χ0v) is 28.6. The lowest BCUT2D eigenvalue weighted by Gasteiger charge is -2.41. The Morgan fingerprint density at radius 3 is 2.43 bits per heavy atom. The molecule has 0 spiro atoms.